The first kappa shape index (κ1) is 13.9. The van der Waals surface area contributed by atoms with Gasteiger partial charge in [-0.2, -0.15) is 5.26 Å². The van der Waals surface area contributed by atoms with Gasteiger partial charge in [0.25, 0.3) is 0 Å². The maximum atomic E-state index is 9.41. The van der Waals surface area contributed by atoms with Crippen LogP contribution in [0.25, 0.3) is 0 Å². The Balaban J connectivity index is 2.29. The largest absolute Gasteiger partial charge is 0.494 e. The molecule has 1 aromatic rings. The quantitative estimate of drug-likeness (QED) is 0.881. The van der Waals surface area contributed by atoms with Gasteiger partial charge in [-0.05, 0) is 38.1 Å². The fraction of sp³-hybridized carbons (Fsp3) is 0.533. The predicted octanol–water partition coefficient (Wildman–Crippen LogP) is 2.19. The van der Waals surface area contributed by atoms with E-state index in [1.54, 1.807) is 0 Å². The fourth-order valence-corrected chi connectivity index (χ4v) is 2.55. The van der Waals surface area contributed by atoms with Crippen LogP contribution in [0.2, 0.25) is 0 Å². The first-order valence-electron chi connectivity index (χ1n) is 6.56. The van der Waals surface area contributed by atoms with Gasteiger partial charge in [-0.15, -0.1) is 0 Å². The Morgan fingerprint density at radius 3 is 2.68 bits per heavy atom. The topological polar surface area (TPSA) is 54.3 Å². The van der Waals surface area contributed by atoms with Crippen LogP contribution in [0.5, 0.6) is 5.75 Å². The van der Waals surface area contributed by atoms with Crippen molar-refractivity contribution in [1.29, 1.82) is 5.26 Å². The van der Waals surface area contributed by atoms with E-state index < -0.39 is 5.41 Å². The van der Waals surface area contributed by atoms with Crippen LogP contribution in [0, 0.1) is 23.7 Å². The first-order valence-corrected chi connectivity index (χ1v) is 6.56. The van der Waals surface area contributed by atoms with E-state index in [9.17, 15) is 5.26 Å². The van der Waals surface area contributed by atoms with Gasteiger partial charge < -0.3 is 14.8 Å². The van der Waals surface area contributed by atoms with E-state index in [-0.39, 0.29) is 6.04 Å². The fourth-order valence-electron chi connectivity index (χ4n) is 2.55. The number of ether oxygens (including phenoxy) is 2. The Morgan fingerprint density at radius 2 is 2.26 bits per heavy atom. The Bertz CT molecular complexity index is 489. The number of aryl methyl sites for hydroxylation is 1. The zero-order valence-corrected chi connectivity index (χ0v) is 11.7. The SMILES string of the molecule is CCOc1ccc(C(NC)C2(C#N)COC2)cc1C. The molecule has 0 saturated carbocycles. The highest BCUT2D eigenvalue weighted by atomic mass is 16.5. The van der Waals surface area contributed by atoms with E-state index in [1.807, 2.05) is 33.0 Å². The highest BCUT2D eigenvalue weighted by Gasteiger charge is 2.46. The molecular weight excluding hydrogens is 240 g/mol. The molecule has 1 aromatic carbocycles. The minimum atomic E-state index is -0.450. The summed E-state index contributed by atoms with van der Waals surface area (Å²) in [5, 5.41) is 12.7. The molecule has 102 valence electrons. The first-order chi connectivity index (χ1) is 9.16. The molecule has 1 atom stereocenters. The summed E-state index contributed by atoms with van der Waals surface area (Å²) in [5.74, 6) is 0.900. The monoisotopic (exact) mass is 260 g/mol. The number of rotatable bonds is 5. The third-order valence-corrected chi connectivity index (χ3v) is 3.62. The van der Waals surface area contributed by atoms with Crippen molar-refractivity contribution < 1.29 is 9.47 Å². The third kappa shape index (κ3) is 2.44. The standard InChI is InChI=1S/C15H20N2O2/c1-4-19-13-6-5-12(7-11(13)2)14(17-3)15(8-16)9-18-10-15/h5-7,14,17H,4,9-10H2,1-3H3. The Kier molecular flexibility index (Phi) is 4.08. The van der Waals surface area contributed by atoms with Gasteiger partial charge >= 0.3 is 0 Å². The van der Waals surface area contributed by atoms with E-state index in [4.69, 9.17) is 9.47 Å². The predicted molar refractivity (Wildman–Crippen MR) is 73.0 cm³/mol. The number of hydrogen-bond acceptors (Lipinski definition) is 4. The highest BCUT2D eigenvalue weighted by Crippen LogP contribution is 2.40. The van der Waals surface area contributed by atoms with E-state index in [2.05, 4.69) is 17.5 Å². The lowest BCUT2D eigenvalue weighted by molar-refractivity contribution is -0.0963. The third-order valence-electron chi connectivity index (χ3n) is 3.62. The molecule has 4 heteroatoms. The van der Waals surface area contributed by atoms with Crippen molar-refractivity contribution in [2.24, 2.45) is 5.41 Å². The molecule has 0 bridgehead atoms. The van der Waals surface area contributed by atoms with Crippen LogP contribution in [0.1, 0.15) is 24.1 Å². The van der Waals surface area contributed by atoms with E-state index in [0.29, 0.717) is 19.8 Å². The van der Waals surface area contributed by atoms with Crippen LogP contribution in [0.15, 0.2) is 18.2 Å². The van der Waals surface area contributed by atoms with Crippen LogP contribution in [0.4, 0.5) is 0 Å². The summed E-state index contributed by atoms with van der Waals surface area (Å²) in [6.45, 7) is 5.63. The van der Waals surface area contributed by atoms with Gasteiger partial charge in [0.2, 0.25) is 0 Å². The molecule has 0 aromatic heterocycles. The summed E-state index contributed by atoms with van der Waals surface area (Å²) < 4.78 is 10.8. The van der Waals surface area contributed by atoms with Crippen LogP contribution in [-0.2, 0) is 4.74 Å². The summed E-state index contributed by atoms with van der Waals surface area (Å²) in [6, 6.07) is 8.48. The molecule has 0 amide bonds. The molecule has 1 aliphatic rings. The van der Waals surface area contributed by atoms with E-state index >= 15 is 0 Å². The number of hydrogen-bond donors (Lipinski definition) is 1. The molecule has 1 aliphatic heterocycles. The second-order valence-corrected chi connectivity index (χ2v) is 4.94. The van der Waals surface area contributed by atoms with Gasteiger partial charge in [0.1, 0.15) is 11.2 Å². The zero-order chi connectivity index (χ0) is 13.9. The van der Waals surface area contributed by atoms with Gasteiger partial charge in [-0.25, -0.2) is 0 Å². The Labute approximate surface area is 114 Å². The van der Waals surface area contributed by atoms with Gasteiger partial charge in [0.15, 0.2) is 0 Å². The summed E-state index contributed by atoms with van der Waals surface area (Å²) in [5.41, 5.74) is 1.75. The summed E-state index contributed by atoms with van der Waals surface area (Å²) in [4.78, 5) is 0. The Hall–Kier alpha value is -1.57. The van der Waals surface area contributed by atoms with Gasteiger partial charge in [0, 0.05) is 0 Å². The molecule has 1 heterocycles. The van der Waals surface area contributed by atoms with Crippen molar-refractivity contribution in [3.05, 3.63) is 29.3 Å². The smallest absolute Gasteiger partial charge is 0.123 e. The normalized spacial score (nSPS) is 18.2. The average Bonchev–Trinajstić information content (AvgIpc) is 2.36. The minimum absolute atomic E-state index is 0.0133. The molecule has 1 fully saturated rings. The maximum absolute atomic E-state index is 9.41. The number of nitriles is 1. The van der Waals surface area contributed by atoms with Crippen LogP contribution < -0.4 is 10.1 Å². The van der Waals surface area contributed by atoms with Crippen molar-refractivity contribution >= 4 is 0 Å². The van der Waals surface area contributed by atoms with Crippen LogP contribution in [0.3, 0.4) is 0 Å². The van der Waals surface area contributed by atoms with Crippen molar-refractivity contribution in [1.82, 2.24) is 5.32 Å². The summed E-state index contributed by atoms with van der Waals surface area (Å²) in [7, 11) is 1.88. The highest BCUT2D eigenvalue weighted by molar-refractivity contribution is 5.39. The molecule has 1 N–H and O–H groups in total. The van der Waals surface area contributed by atoms with Gasteiger partial charge in [-0.3, -0.25) is 0 Å². The number of benzene rings is 1. The van der Waals surface area contributed by atoms with E-state index in [0.717, 1.165) is 16.9 Å². The molecule has 1 saturated heterocycles. The van der Waals surface area contributed by atoms with Crippen LogP contribution in [-0.4, -0.2) is 26.9 Å². The molecule has 0 aliphatic carbocycles. The lowest BCUT2D eigenvalue weighted by Gasteiger charge is -2.41. The average molecular weight is 260 g/mol. The molecule has 19 heavy (non-hydrogen) atoms. The van der Waals surface area contributed by atoms with Gasteiger partial charge in [-0.1, -0.05) is 12.1 Å². The molecule has 4 nitrogen and oxygen atoms in total. The second kappa shape index (κ2) is 5.60. The molecule has 2 rings (SSSR count). The lowest BCUT2D eigenvalue weighted by Crippen LogP contribution is -2.50. The van der Waals surface area contributed by atoms with Crippen molar-refractivity contribution in [2.75, 3.05) is 26.9 Å². The number of nitrogens with one attached hydrogen (secondary N) is 1. The maximum Gasteiger partial charge on any atom is 0.123 e. The van der Waals surface area contributed by atoms with Crippen molar-refractivity contribution in [3.8, 4) is 11.8 Å². The Morgan fingerprint density at radius 1 is 1.53 bits per heavy atom. The molecule has 0 radical (unpaired) electrons. The lowest BCUT2D eigenvalue weighted by atomic mass is 9.76. The number of nitrogens with zero attached hydrogens (tertiary/aromatic N) is 1. The van der Waals surface area contributed by atoms with Gasteiger partial charge in [0.05, 0.1) is 31.9 Å². The summed E-state index contributed by atoms with van der Waals surface area (Å²) in [6.07, 6.45) is 0. The summed E-state index contributed by atoms with van der Waals surface area (Å²) >= 11 is 0. The zero-order valence-electron chi connectivity index (χ0n) is 11.7. The minimum Gasteiger partial charge on any atom is -0.494 e. The molecule has 1 unspecified atom stereocenters. The van der Waals surface area contributed by atoms with Crippen molar-refractivity contribution in [3.63, 3.8) is 0 Å². The van der Waals surface area contributed by atoms with Crippen molar-refractivity contribution in [2.45, 2.75) is 19.9 Å². The van der Waals surface area contributed by atoms with Crippen LogP contribution >= 0.6 is 0 Å². The second-order valence-electron chi connectivity index (χ2n) is 4.94. The molecule has 0 spiro atoms. The molecular formula is C15H20N2O2. The van der Waals surface area contributed by atoms with E-state index in [1.165, 1.54) is 0 Å².